The van der Waals surface area contributed by atoms with E-state index < -0.39 is 0 Å². The van der Waals surface area contributed by atoms with Crippen LogP contribution in [0.3, 0.4) is 0 Å². The number of hydrogen-bond donors (Lipinski definition) is 2. The van der Waals surface area contributed by atoms with Crippen LogP contribution in [0, 0.1) is 6.92 Å². The fourth-order valence-corrected chi connectivity index (χ4v) is 2.70. The number of aromatic nitrogens is 1. The molecule has 0 atom stereocenters. The zero-order valence-corrected chi connectivity index (χ0v) is 15.3. The van der Waals surface area contributed by atoms with Gasteiger partial charge in [0, 0.05) is 29.6 Å². The molecule has 0 saturated carbocycles. The van der Waals surface area contributed by atoms with Crippen molar-refractivity contribution in [2.24, 2.45) is 0 Å². The predicted molar refractivity (Wildman–Crippen MR) is 107 cm³/mol. The Kier molecular flexibility index (Phi) is 5.61. The maximum Gasteiger partial charge on any atom is 0.255 e. The van der Waals surface area contributed by atoms with Crippen LogP contribution in [0.5, 0.6) is 0 Å². The fraction of sp³-hybridized carbons (Fsp3) is 0.136. The third-order valence-electron chi connectivity index (χ3n) is 4.11. The molecular weight excluding hydrogens is 338 g/mol. The zero-order chi connectivity index (χ0) is 19.2. The summed E-state index contributed by atoms with van der Waals surface area (Å²) >= 11 is 0. The van der Waals surface area contributed by atoms with Crippen LogP contribution in [0.2, 0.25) is 0 Å². The highest BCUT2D eigenvalue weighted by Gasteiger charge is 2.09. The van der Waals surface area contributed by atoms with Crippen LogP contribution in [0.1, 0.15) is 38.8 Å². The van der Waals surface area contributed by atoms with Gasteiger partial charge in [0.25, 0.3) is 5.91 Å². The van der Waals surface area contributed by atoms with E-state index in [-0.39, 0.29) is 11.7 Å². The summed E-state index contributed by atoms with van der Waals surface area (Å²) in [7, 11) is 0. The van der Waals surface area contributed by atoms with Gasteiger partial charge in [-0.25, -0.2) is 4.98 Å². The minimum atomic E-state index is -0.253. The van der Waals surface area contributed by atoms with Crippen LogP contribution >= 0.6 is 0 Å². The summed E-state index contributed by atoms with van der Waals surface area (Å²) in [6, 6.07) is 18.4. The summed E-state index contributed by atoms with van der Waals surface area (Å²) in [4.78, 5) is 28.3. The molecule has 0 bridgehead atoms. The van der Waals surface area contributed by atoms with E-state index in [0.717, 1.165) is 5.56 Å². The summed E-state index contributed by atoms with van der Waals surface area (Å²) in [5.41, 5.74) is 3.97. The van der Waals surface area contributed by atoms with E-state index in [9.17, 15) is 9.59 Å². The number of hydrogen-bond acceptors (Lipinski definition) is 4. The van der Waals surface area contributed by atoms with Gasteiger partial charge in [-0.05, 0) is 43.7 Å². The molecular formula is C22H21N3O2. The predicted octanol–water partition coefficient (Wildman–Crippen LogP) is 4.46. The molecule has 136 valence electrons. The van der Waals surface area contributed by atoms with Crippen molar-refractivity contribution in [2.75, 3.05) is 10.6 Å². The standard InChI is InChI=1S/C22H21N3O2/c1-15-5-3-6-17(11-15)14-24-21-13-19(9-10-23-21)22(27)25-20-8-4-7-18(12-20)16(2)26/h3-13H,14H2,1-2H3,(H,23,24)(H,25,27). The number of nitrogens with one attached hydrogen (secondary N) is 2. The average Bonchev–Trinajstić information content (AvgIpc) is 2.67. The third-order valence-corrected chi connectivity index (χ3v) is 4.11. The van der Waals surface area contributed by atoms with Gasteiger partial charge in [0.2, 0.25) is 0 Å². The number of nitrogens with zero attached hydrogens (tertiary/aromatic N) is 1. The number of pyridine rings is 1. The van der Waals surface area contributed by atoms with E-state index in [0.29, 0.717) is 29.2 Å². The molecule has 0 aliphatic rings. The number of rotatable bonds is 6. The first-order valence-electron chi connectivity index (χ1n) is 8.69. The van der Waals surface area contributed by atoms with Gasteiger partial charge in [0.05, 0.1) is 0 Å². The van der Waals surface area contributed by atoms with Crippen molar-refractivity contribution < 1.29 is 9.59 Å². The van der Waals surface area contributed by atoms with Gasteiger partial charge in [-0.1, -0.05) is 42.0 Å². The molecule has 1 aromatic heterocycles. The van der Waals surface area contributed by atoms with Crippen molar-refractivity contribution in [3.8, 4) is 0 Å². The smallest absolute Gasteiger partial charge is 0.255 e. The molecule has 5 nitrogen and oxygen atoms in total. The molecule has 0 saturated heterocycles. The van der Waals surface area contributed by atoms with Crippen LogP contribution in [0.25, 0.3) is 0 Å². The topological polar surface area (TPSA) is 71.1 Å². The van der Waals surface area contributed by atoms with Crippen molar-refractivity contribution in [3.63, 3.8) is 0 Å². The highest BCUT2D eigenvalue weighted by atomic mass is 16.1. The van der Waals surface area contributed by atoms with E-state index in [4.69, 9.17) is 0 Å². The van der Waals surface area contributed by atoms with Crippen LogP contribution in [-0.2, 0) is 6.54 Å². The molecule has 1 heterocycles. The molecule has 2 N–H and O–H groups in total. The summed E-state index contributed by atoms with van der Waals surface area (Å²) in [6.45, 7) is 4.17. The van der Waals surface area contributed by atoms with Gasteiger partial charge in [-0.3, -0.25) is 9.59 Å². The Hall–Kier alpha value is -3.47. The van der Waals surface area contributed by atoms with E-state index in [1.807, 2.05) is 25.1 Å². The molecule has 0 aliphatic carbocycles. The van der Waals surface area contributed by atoms with Gasteiger partial charge in [0.15, 0.2) is 5.78 Å². The van der Waals surface area contributed by atoms with E-state index in [2.05, 4.69) is 21.7 Å². The normalized spacial score (nSPS) is 10.3. The lowest BCUT2D eigenvalue weighted by Gasteiger charge is -2.09. The van der Waals surface area contributed by atoms with Gasteiger partial charge >= 0.3 is 0 Å². The molecule has 5 heteroatoms. The Labute approximate surface area is 158 Å². The van der Waals surface area contributed by atoms with Crippen LogP contribution < -0.4 is 10.6 Å². The maximum absolute atomic E-state index is 12.5. The Morgan fingerprint density at radius 1 is 0.963 bits per heavy atom. The molecule has 0 radical (unpaired) electrons. The minimum Gasteiger partial charge on any atom is -0.366 e. The summed E-state index contributed by atoms with van der Waals surface area (Å²) in [6.07, 6.45) is 1.60. The van der Waals surface area contributed by atoms with Crippen molar-refractivity contribution >= 4 is 23.2 Å². The van der Waals surface area contributed by atoms with E-state index in [1.165, 1.54) is 12.5 Å². The second-order valence-electron chi connectivity index (χ2n) is 6.36. The summed E-state index contributed by atoms with van der Waals surface area (Å²) < 4.78 is 0. The molecule has 0 spiro atoms. The Morgan fingerprint density at radius 2 is 1.78 bits per heavy atom. The first-order chi connectivity index (χ1) is 13.0. The molecule has 1 amide bonds. The first-order valence-corrected chi connectivity index (χ1v) is 8.69. The van der Waals surface area contributed by atoms with Gasteiger partial charge in [-0.15, -0.1) is 0 Å². The number of amides is 1. The largest absolute Gasteiger partial charge is 0.366 e. The zero-order valence-electron chi connectivity index (χ0n) is 15.3. The van der Waals surface area contributed by atoms with Crippen molar-refractivity contribution in [2.45, 2.75) is 20.4 Å². The number of carbonyl (C=O) groups excluding carboxylic acids is 2. The number of aryl methyl sites for hydroxylation is 1. The lowest BCUT2D eigenvalue weighted by molar-refractivity contribution is 0.101. The quantitative estimate of drug-likeness (QED) is 0.638. The van der Waals surface area contributed by atoms with Crippen molar-refractivity contribution in [1.82, 2.24) is 4.98 Å². The fourth-order valence-electron chi connectivity index (χ4n) is 2.70. The van der Waals surface area contributed by atoms with E-state index in [1.54, 1.807) is 42.6 Å². The highest BCUT2D eigenvalue weighted by molar-refractivity contribution is 6.05. The monoisotopic (exact) mass is 359 g/mol. The number of benzene rings is 2. The van der Waals surface area contributed by atoms with Crippen LogP contribution in [-0.4, -0.2) is 16.7 Å². The van der Waals surface area contributed by atoms with Crippen molar-refractivity contribution in [1.29, 1.82) is 0 Å². The van der Waals surface area contributed by atoms with Gasteiger partial charge in [0.1, 0.15) is 5.82 Å². The number of Topliss-reactive ketones (excluding diaryl/α,β-unsaturated/α-hetero) is 1. The third kappa shape index (κ3) is 5.01. The average molecular weight is 359 g/mol. The summed E-state index contributed by atoms with van der Waals surface area (Å²) in [5.74, 6) is 0.330. The molecule has 0 fully saturated rings. The Morgan fingerprint density at radius 3 is 2.56 bits per heavy atom. The van der Waals surface area contributed by atoms with E-state index >= 15 is 0 Å². The lowest BCUT2D eigenvalue weighted by atomic mass is 10.1. The van der Waals surface area contributed by atoms with Crippen LogP contribution in [0.4, 0.5) is 11.5 Å². The Balaban J connectivity index is 1.68. The van der Waals surface area contributed by atoms with Gasteiger partial charge < -0.3 is 10.6 Å². The molecule has 3 aromatic rings. The highest BCUT2D eigenvalue weighted by Crippen LogP contribution is 2.15. The molecule has 2 aromatic carbocycles. The maximum atomic E-state index is 12.5. The second kappa shape index (κ2) is 8.27. The number of anilines is 2. The first kappa shape index (κ1) is 18.3. The lowest BCUT2D eigenvalue weighted by Crippen LogP contribution is -2.13. The molecule has 3 rings (SSSR count). The number of carbonyl (C=O) groups is 2. The minimum absolute atomic E-state index is 0.0438. The van der Waals surface area contributed by atoms with Crippen LogP contribution in [0.15, 0.2) is 66.9 Å². The Bertz CT molecular complexity index is 983. The molecule has 0 aliphatic heterocycles. The van der Waals surface area contributed by atoms with Crippen molar-refractivity contribution in [3.05, 3.63) is 89.1 Å². The molecule has 27 heavy (non-hydrogen) atoms. The molecule has 0 unspecified atom stereocenters. The second-order valence-corrected chi connectivity index (χ2v) is 6.36. The number of ketones is 1. The summed E-state index contributed by atoms with van der Waals surface area (Å²) in [5, 5.41) is 6.05. The van der Waals surface area contributed by atoms with Gasteiger partial charge in [-0.2, -0.15) is 0 Å². The SMILES string of the molecule is CC(=O)c1cccc(NC(=O)c2ccnc(NCc3cccc(C)c3)c2)c1.